The number of aryl methyl sites for hydroxylation is 1. The average molecular weight is 300 g/mol. The molecule has 0 saturated heterocycles. The highest BCUT2D eigenvalue weighted by Gasteiger charge is 2.18. The van der Waals surface area contributed by atoms with Gasteiger partial charge in [0.2, 0.25) is 11.6 Å². The Labute approximate surface area is 122 Å². The van der Waals surface area contributed by atoms with Crippen LogP contribution in [0.3, 0.4) is 0 Å². The predicted octanol–water partition coefficient (Wildman–Crippen LogP) is 3.23. The number of fused-ring (bicyclic) bond motifs is 1. The second kappa shape index (κ2) is 4.68. The third-order valence-electron chi connectivity index (χ3n) is 3.16. The van der Waals surface area contributed by atoms with E-state index in [0.717, 1.165) is 0 Å². The van der Waals surface area contributed by atoms with Crippen LogP contribution < -0.4 is 11.3 Å². The van der Waals surface area contributed by atoms with Gasteiger partial charge in [0.25, 0.3) is 5.56 Å². The molecule has 1 aromatic carbocycles. The summed E-state index contributed by atoms with van der Waals surface area (Å²) in [6.07, 6.45) is 0. The number of nitrogens with two attached hydrogens (primary N) is 1. The van der Waals surface area contributed by atoms with Gasteiger partial charge in [0.15, 0.2) is 0 Å². The number of nitrogens with one attached hydrogen (secondary N) is 1. The fourth-order valence-electron chi connectivity index (χ4n) is 2.20. The molecule has 7 heteroatoms. The number of nitrogens with zero attached hydrogens (tertiary/aromatic N) is 2. The molecule has 104 valence electrons. The number of hydrogen-bond donors (Lipinski definition) is 2. The topological polar surface area (TPSA) is 76.1 Å². The van der Waals surface area contributed by atoms with Crippen LogP contribution in [0.15, 0.2) is 23.0 Å². The van der Waals surface area contributed by atoms with Gasteiger partial charge in [-0.3, -0.25) is 9.78 Å². The van der Waals surface area contributed by atoms with Crippen LogP contribution in [0.5, 0.6) is 0 Å². The molecule has 3 aromatic rings. The van der Waals surface area contributed by atoms with Crippen molar-refractivity contribution in [3.05, 3.63) is 51.4 Å². The normalized spacial score (nSPS) is 10.7. The lowest BCUT2D eigenvalue weighted by Crippen LogP contribution is -2.10. The van der Waals surface area contributed by atoms with Gasteiger partial charge in [-0.2, -0.15) is 0 Å². The Kier molecular flexibility index (Phi) is 2.96. The third kappa shape index (κ3) is 1.97. The molecule has 0 amide bonds. The minimum Gasteiger partial charge on any atom is -0.369 e. The number of aromatic nitrogens is 2. The van der Waals surface area contributed by atoms with Crippen molar-refractivity contribution in [2.45, 2.75) is 6.92 Å². The van der Waals surface area contributed by atoms with Gasteiger partial charge >= 0.3 is 0 Å². The summed E-state index contributed by atoms with van der Waals surface area (Å²) in [5.74, 6) is -0.567. The van der Waals surface area contributed by atoms with E-state index in [9.17, 15) is 9.18 Å². The van der Waals surface area contributed by atoms with Crippen molar-refractivity contribution in [3.63, 3.8) is 0 Å². The second-order valence-electron chi connectivity index (χ2n) is 4.44. The molecule has 0 atom stereocenters. The number of anilines is 1. The Morgan fingerprint density at radius 3 is 2.95 bits per heavy atom. The Morgan fingerprint density at radius 2 is 2.24 bits per heavy atom. The van der Waals surface area contributed by atoms with Crippen LogP contribution in [-0.2, 0) is 0 Å². The summed E-state index contributed by atoms with van der Waals surface area (Å²) < 4.78 is 14.3. The van der Waals surface area contributed by atoms with Gasteiger partial charge in [0, 0.05) is 10.4 Å². The Balaban J connectivity index is 2.38. The van der Waals surface area contributed by atoms with E-state index in [-0.39, 0.29) is 17.2 Å². The molecule has 3 rings (SSSR count). The third-order valence-corrected chi connectivity index (χ3v) is 4.38. The highest BCUT2D eigenvalue weighted by Crippen LogP contribution is 2.39. The van der Waals surface area contributed by atoms with Crippen molar-refractivity contribution >= 4 is 33.2 Å². The molecule has 2 aromatic heterocycles. The van der Waals surface area contributed by atoms with Crippen molar-refractivity contribution in [2.24, 2.45) is 0 Å². The lowest BCUT2D eigenvalue weighted by molar-refractivity contribution is 0.637. The van der Waals surface area contributed by atoms with Gasteiger partial charge in [-0.25, -0.2) is 14.2 Å². The molecule has 21 heavy (non-hydrogen) atoms. The Hall–Kier alpha value is -2.72. The largest absolute Gasteiger partial charge is 0.369 e. The first-order valence-corrected chi connectivity index (χ1v) is 6.79. The van der Waals surface area contributed by atoms with Gasteiger partial charge in [-0.15, -0.1) is 11.3 Å². The lowest BCUT2D eigenvalue weighted by Gasteiger charge is -2.03. The summed E-state index contributed by atoms with van der Waals surface area (Å²) >= 11 is 1.18. The number of benzene rings is 1. The van der Waals surface area contributed by atoms with Crippen molar-refractivity contribution < 1.29 is 4.39 Å². The Bertz CT molecular complexity index is 967. The van der Waals surface area contributed by atoms with E-state index in [1.165, 1.54) is 17.4 Å². The number of halogens is 1. The molecule has 0 bridgehead atoms. The molecular weight excluding hydrogens is 291 g/mol. The second-order valence-corrected chi connectivity index (χ2v) is 5.44. The fraction of sp³-hybridized carbons (Fsp3) is 0.0714. The van der Waals surface area contributed by atoms with E-state index in [2.05, 4.69) is 14.8 Å². The zero-order chi connectivity index (χ0) is 15.1. The van der Waals surface area contributed by atoms with E-state index >= 15 is 0 Å². The number of H-pyrrole nitrogens is 1. The molecular formula is C14H9FN4OS. The van der Waals surface area contributed by atoms with Gasteiger partial charge < -0.3 is 5.73 Å². The maximum atomic E-state index is 14.3. The molecule has 0 aliphatic heterocycles. The van der Waals surface area contributed by atoms with Gasteiger partial charge in [0.1, 0.15) is 10.6 Å². The van der Waals surface area contributed by atoms with Crippen LogP contribution in [-0.4, -0.2) is 9.97 Å². The molecule has 5 nitrogen and oxygen atoms in total. The van der Waals surface area contributed by atoms with Crippen LogP contribution in [0.2, 0.25) is 0 Å². The van der Waals surface area contributed by atoms with Gasteiger partial charge in [-0.1, -0.05) is 18.2 Å². The van der Waals surface area contributed by atoms with E-state index in [0.29, 0.717) is 26.2 Å². The number of aromatic amines is 1. The zero-order valence-electron chi connectivity index (χ0n) is 10.9. The van der Waals surface area contributed by atoms with E-state index < -0.39 is 5.82 Å². The fourth-order valence-corrected chi connectivity index (χ4v) is 3.41. The molecule has 0 aliphatic rings. The minimum atomic E-state index is -0.591. The van der Waals surface area contributed by atoms with E-state index in [1.54, 1.807) is 19.1 Å². The molecule has 0 saturated carbocycles. The van der Waals surface area contributed by atoms with Crippen LogP contribution in [0.1, 0.15) is 5.56 Å². The molecule has 0 spiro atoms. The first-order chi connectivity index (χ1) is 10.0. The van der Waals surface area contributed by atoms with E-state index in [1.807, 2.05) is 0 Å². The van der Waals surface area contributed by atoms with Gasteiger partial charge in [-0.05, 0) is 12.5 Å². The standard InChI is InChI=1S/C14H9FN4OS/c1-6-9-12(20)18-14(16)19-13(9)21-11(6)7-4-3-5-8(17-2)10(7)15/h3-5H,1H3,(H3,16,18,19,20). The smallest absolute Gasteiger partial charge is 0.261 e. The Morgan fingerprint density at radius 1 is 1.48 bits per heavy atom. The number of thiophene rings is 1. The number of hydrogen-bond acceptors (Lipinski definition) is 4. The quantitative estimate of drug-likeness (QED) is 0.677. The highest BCUT2D eigenvalue weighted by atomic mass is 32.1. The summed E-state index contributed by atoms with van der Waals surface area (Å²) in [4.78, 5) is 22.6. The first kappa shape index (κ1) is 13.3. The monoisotopic (exact) mass is 300 g/mol. The molecule has 0 aliphatic carbocycles. The highest BCUT2D eigenvalue weighted by molar-refractivity contribution is 7.22. The van der Waals surface area contributed by atoms with Crippen LogP contribution in [0.4, 0.5) is 16.0 Å². The maximum Gasteiger partial charge on any atom is 0.261 e. The van der Waals surface area contributed by atoms with Crippen molar-refractivity contribution in [1.82, 2.24) is 9.97 Å². The molecule has 0 radical (unpaired) electrons. The molecule has 0 unspecified atom stereocenters. The summed E-state index contributed by atoms with van der Waals surface area (Å²) in [5, 5.41) is 0.400. The van der Waals surface area contributed by atoms with E-state index in [4.69, 9.17) is 12.3 Å². The summed E-state index contributed by atoms with van der Waals surface area (Å²) in [6, 6.07) is 4.61. The van der Waals surface area contributed by atoms with Crippen LogP contribution in [0.25, 0.3) is 25.5 Å². The van der Waals surface area contributed by atoms with Crippen molar-refractivity contribution in [2.75, 3.05) is 5.73 Å². The number of nitrogen functional groups attached to an aromatic ring is 1. The number of rotatable bonds is 1. The summed E-state index contributed by atoms with van der Waals surface area (Å²) in [7, 11) is 0. The predicted molar refractivity (Wildman–Crippen MR) is 81.0 cm³/mol. The maximum absolute atomic E-state index is 14.3. The lowest BCUT2D eigenvalue weighted by atomic mass is 10.1. The summed E-state index contributed by atoms with van der Waals surface area (Å²) in [5.41, 5.74) is 6.05. The average Bonchev–Trinajstić information content (AvgIpc) is 2.76. The van der Waals surface area contributed by atoms with Crippen LogP contribution in [0, 0.1) is 19.3 Å². The minimum absolute atomic E-state index is 0.0238. The summed E-state index contributed by atoms with van der Waals surface area (Å²) in [6.45, 7) is 8.70. The molecule has 2 heterocycles. The van der Waals surface area contributed by atoms with Crippen molar-refractivity contribution in [3.8, 4) is 10.4 Å². The van der Waals surface area contributed by atoms with Crippen LogP contribution >= 0.6 is 11.3 Å². The SMILES string of the molecule is [C-]#[N+]c1cccc(-c2sc3nc(N)[nH]c(=O)c3c2C)c1F. The first-order valence-electron chi connectivity index (χ1n) is 5.98. The zero-order valence-corrected chi connectivity index (χ0v) is 11.7. The van der Waals surface area contributed by atoms with Gasteiger partial charge in [0.05, 0.1) is 12.0 Å². The molecule has 0 fully saturated rings. The molecule has 3 N–H and O–H groups in total. The van der Waals surface area contributed by atoms with Crippen molar-refractivity contribution in [1.29, 1.82) is 0 Å².